The molecular weight excluding hydrogens is 316 g/mol. The van der Waals surface area contributed by atoms with Gasteiger partial charge in [0.25, 0.3) is 0 Å². The van der Waals surface area contributed by atoms with Gasteiger partial charge in [-0.15, -0.1) is 0 Å². The molecule has 3 heterocycles. The predicted octanol–water partition coefficient (Wildman–Crippen LogP) is 1.22. The van der Waals surface area contributed by atoms with Crippen molar-refractivity contribution in [2.45, 2.75) is 25.8 Å². The molecule has 1 unspecified atom stereocenters. The van der Waals surface area contributed by atoms with Crippen LogP contribution in [-0.4, -0.2) is 59.8 Å². The first kappa shape index (κ1) is 16.4. The molecule has 0 N–H and O–H groups in total. The Hall–Kier alpha value is -1.51. The SMILES string of the molecule is CCS(=O)(=O)N1CCC(c2nc3cccnc3n2CCOC)C1. The van der Waals surface area contributed by atoms with Crippen LogP contribution >= 0.6 is 0 Å². The number of ether oxygens (including phenoxy) is 1. The van der Waals surface area contributed by atoms with E-state index in [0.29, 0.717) is 26.2 Å². The van der Waals surface area contributed by atoms with Gasteiger partial charge in [0.1, 0.15) is 11.3 Å². The minimum absolute atomic E-state index is 0.0994. The van der Waals surface area contributed by atoms with Crippen LogP contribution in [0, 0.1) is 0 Å². The summed E-state index contributed by atoms with van der Waals surface area (Å²) in [5, 5.41) is 0. The molecule has 0 bridgehead atoms. The van der Waals surface area contributed by atoms with Crippen LogP contribution in [0.2, 0.25) is 0 Å². The number of methoxy groups -OCH3 is 1. The van der Waals surface area contributed by atoms with E-state index in [1.165, 1.54) is 0 Å². The van der Waals surface area contributed by atoms with Crippen molar-refractivity contribution < 1.29 is 13.2 Å². The van der Waals surface area contributed by atoms with Crippen molar-refractivity contribution in [1.29, 1.82) is 0 Å². The highest BCUT2D eigenvalue weighted by Crippen LogP contribution is 2.30. The van der Waals surface area contributed by atoms with Gasteiger partial charge in [-0.1, -0.05) is 0 Å². The van der Waals surface area contributed by atoms with E-state index in [-0.39, 0.29) is 11.7 Å². The maximum absolute atomic E-state index is 12.1. The van der Waals surface area contributed by atoms with E-state index in [1.807, 2.05) is 12.1 Å². The molecule has 0 aromatic carbocycles. The number of imidazole rings is 1. The molecule has 1 aliphatic rings. The third kappa shape index (κ3) is 3.11. The number of rotatable bonds is 6. The number of nitrogens with zero attached hydrogens (tertiary/aromatic N) is 4. The Morgan fingerprint density at radius 1 is 1.43 bits per heavy atom. The van der Waals surface area contributed by atoms with E-state index in [1.54, 1.807) is 24.5 Å². The molecular formula is C15H22N4O3S. The maximum atomic E-state index is 12.1. The second kappa shape index (κ2) is 6.54. The summed E-state index contributed by atoms with van der Waals surface area (Å²) in [6.07, 6.45) is 2.54. The molecule has 1 atom stereocenters. The quantitative estimate of drug-likeness (QED) is 0.791. The number of aromatic nitrogens is 3. The van der Waals surface area contributed by atoms with Gasteiger partial charge < -0.3 is 9.30 Å². The first-order chi connectivity index (χ1) is 11.1. The van der Waals surface area contributed by atoms with Crippen molar-refractivity contribution in [2.24, 2.45) is 0 Å². The van der Waals surface area contributed by atoms with Gasteiger partial charge in [0, 0.05) is 38.9 Å². The first-order valence-corrected chi connectivity index (χ1v) is 9.45. The lowest BCUT2D eigenvalue weighted by Crippen LogP contribution is -2.30. The van der Waals surface area contributed by atoms with Crippen molar-refractivity contribution in [2.75, 3.05) is 32.6 Å². The summed E-state index contributed by atoms with van der Waals surface area (Å²) >= 11 is 0. The van der Waals surface area contributed by atoms with Gasteiger partial charge in [-0.05, 0) is 25.5 Å². The third-order valence-corrected chi connectivity index (χ3v) is 6.17. The van der Waals surface area contributed by atoms with E-state index in [0.717, 1.165) is 23.4 Å². The zero-order valence-corrected chi connectivity index (χ0v) is 14.3. The molecule has 1 fully saturated rings. The van der Waals surface area contributed by atoms with Gasteiger partial charge in [0.2, 0.25) is 10.0 Å². The molecule has 0 amide bonds. The summed E-state index contributed by atoms with van der Waals surface area (Å²) in [5.74, 6) is 1.15. The van der Waals surface area contributed by atoms with Crippen molar-refractivity contribution in [1.82, 2.24) is 18.8 Å². The van der Waals surface area contributed by atoms with Crippen LogP contribution in [0.25, 0.3) is 11.2 Å². The lowest BCUT2D eigenvalue weighted by molar-refractivity contribution is 0.187. The second-order valence-corrected chi connectivity index (χ2v) is 7.96. The Bertz CT molecular complexity index is 787. The molecule has 0 spiro atoms. The Morgan fingerprint density at radius 3 is 3.00 bits per heavy atom. The molecule has 2 aromatic rings. The van der Waals surface area contributed by atoms with Crippen LogP contribution in [0.3, 0.4) is 0 Å². The highest BCUT2D eigenvalue weighted by atomic mass is 32.2. The first-order valence-electron chi connectivity index (χ1n) is 7.84. The fourth-order valence-corrected chi connectivity index (χ4v) is 4.22. The molecule has 0 radical (unpaired) electrons. The summed E-state index contributed by atoms with van der Waals surface area (Å²) in [7, 11) is -1.48. The molecule has 126 valence electrons. The van der Waals surface area contributed by atoms with Crippen LogP contribution in [0.4, 0.5) is 0 Å². The third-order valence-electron chi connectivity index (χ3n) is 4.33. The van der Waals surface area contributed by atoms with Gasteiger partial charge >= 0.3 is 0 Å². The predicted molar refractivity (Wildman–Crippen MR) is 87.8 cm³/mol. The molecule has 3 rings (SSSR count). The fraction of sp³-hybridized carbons (Fsp3) is 0.600. The molecule has 0 aliphatic carbocycles. The molecule has 2 aromatic heterocycles. The summed E-state index contributed by atoms with van der Waals surface area (Å²) in [4.78, 5) is 9.14. The molecule has 1 aliphatic heterocycles. The topological polar surface area (TPSA) is 77.3 Å². The molecule has 23 heavy (non-hydrogen) atoms. The average molecular weight is 338 g/mol. The van der Waals surface area contributed by atoms with Crippen LogP contribution < -0.4 is 0 Å². The summed E-state index contributed by atoms with van der Waals surface area (Å²) in [6.45, 7) is 3.96. The highest BCUT2D eigenvalue weighted by Gasteiger charge is 2.33. The number of pyridine rings is 1. The number of hydrogen-bond acceptors (Lipinski definition) is 5. The van der Waals surface area contributed by atoms with Gasteiger partial charge in [0.15, 0.2) is 5.65 Å². The van der Waals surface area contributed by atoms with Crippen molar-refractivity contribution in [3.63, 3.8) is 0 Å². The maximum Gasteiger partial charge on any atom is 0.213 e. The molecule has 1 saturated heterocycles. The summed E-state index contributed by atoms with van der Waals surface area (Å²) in [6, 6.07) is 3.80. The standard InChI is InChI=1S/C15H22N4O3S/c1-3-23(20,21)18-8-6-12(11-18)14-17-13-5-4-7-16-15(13)19(14)9-10-22-2/h4-5,7,12H,3,6,8-11H2,1-2H3. The normalized spacial score (nSPS) is 19.7. The largest absolute Gasteiger partial charge is 0.383 e. The molecule has 7 nitrogen and oxygen atoms in total. The lowest BCUT2D eigenvalue weighted by Gasteiger charge is -2.16. The van der Waals surface area contributed by atoms with Crippen molar-refractivity contribution in [3.8, 4) is 0 Å². The van der Waals surface area contributed by atoms with Gasteiger partial charge in [0.05, 0.1) is 12.4 Å². The summed E-state index contributed by atoms with van der Waals surface area (Å²) in [5.41, 5.74) is 1.67. The Morgan fingerprint density at radius 2 is 2.26 bits per heavy atom. The van der Waals surface area contributed by atoms with E-state index >= 15 is 0 Å². The minimum atomic E-state index is -3.14. The van der Waals surface area contributed by atoms with E-state index in [4.69, 9.17) is 9.72 Å². The number of hydrogen-bond donors (Lipinski definition) is 0. The smallest absolute Gasteiger partial charge is 0.213 e. The average Bonchev–Trinajstić information content (AvgIpc) is 3.18. The Labute approximate surface area is 136 Å². The Kier molecular flexibility index (Phi) is 4.65. The van der Waals surface area contributed by atoms with Crippen molar-refractivity contribution >= 4 is 21.2 Å². The number of fused-ring (bicyclic) bond motifs is 1. The van der Waals surface area contributed by atoms with Crippen LogP contribution in [0.15, 0.2) is 18.3 Å². The lowest BCUT2D eigenvalue weighted by atomic mass is 10.1. The van der Waals surface area contributed by atoms with Gasteiger partial charge in [-0.3, -0.25) is 0 Å². The second-order valence-electron chi connectivity index (χ2n) is 5.70. The van der Waals surface area contributed by atoms with Crippen LogP contribution in [0.1, 0.15) is 25.1 Å². The van der Waals surface area contributed by atoms with Crippen LogP contribution in [0.5, 0.6) is 0 Å². The van der Waals surface area contributed by atoms with E-state index in [2.05, 4.69) is 9.55 Å². The highest BCUT2D eigenvalue weighted by molar-refractivity contribution is 7.89. The van der Waals surface area contributed by atoms with E-state index < -0.39 is 10.0 Å². The zero-order chi connectivity index (χ0) is 16.4. The summed E-state index contributed by atoms with van der Waals surface area (Å²) < 4.78 is 33.0. The molecule has 0 saturated carbocycles. The van der Waals surface area contributed by atoms with Crippen molar-refractivity contribution in [3.05, 3.63) is 24.2 Å². The minimum Gasteiger partial charge on any atom is -0.383 e. The van der Waals surface area contributed by atoms with E-state index in [9.17, 15) is 8.42 Å². The van der Waals surface area contributed by atoms with Gasteiger partial charge in [-0.2, -0.15) is 0 Å². The fourth-order valence-electron chi connectivity index (χ4n) is 3.06. The van der Waals surface area contributed by atoms with Crippen LogP contribution in [-0.2, 0) is 21.3 Å². The molecule has 8 heteroatoms. The number of sulfonamides is 1. The zero-order valence-electron chi connectivity index (χ0n) is 13.5. The van der Waals surface area contributed by atoms with Gasteiger partial charge in [-0.25, -0.2) is 22.7 Å². The monoisotopic (exact) mass is 338 g/mol. The Balaban J connectivity index is 1.93.